The normalized spacial score (nSPS) is 20.0. The summed E-state index contributed by atoms with van der Waals surface area (Å²) < 4.78 is 54.6. The summed E-state index contributed by atoms with van der Waals surface area (Å²) >= 11 is 0. The molecule has 0 spiro atoms. The number of ether oxygens (including phenoxy) is 1. The zero-order valence-corrected chi connectivity index (χ0v) is 16.2. The standard InChI is InChI=1S/C19H19F4N5O3/c1-2-12(10-4-5-14(11(20)8-10)31-19(21,22)23)27-18(30)13-9-15(29)28-17(26-13)16-24-6-3-7-25-16/h3-8,12-13,17,26H,2,9H2,1H3,(H,27,30)(H,28,29)/t12-,13?,17?/m1/s1. The molecule has 2 amide bonds. The number of carbonyl (C=O) groups is 2. The van der Waals surface area contributed by atoms with Gasteiger partial charge < -0.3 is 15.4 Å². The van der Waals surface area contributed by atoms with Gasteiger partial charge in [0.25, 0.3) is 0 Å². The van der Waals surface area contributed by atoms with Crippen LogP contribution in [0.15, 0.2) is 36.7 Å². The van der Waals surface area contributed by atoms with Gasteiger partial charge in [0.15, 0.2) is 17.4 Å². The van der Waals surface area contributed by atoms with Crippen LogP contribution in [0.4, 0.5) is 17.6 Å². The minimum Gasteiger partial charge on any atom is -0.403 e. The van der Waals surface area contributed by atoms with Gasteiger partial charge in [-0.15, -0.1) is 13.2 Å². The molecule has 2 aromatic rings. The number of nitrogens with one attached hydrogen (secondary N) is 3. The summed E-state index contributed by atoms with van der Waals surface area (Å²) in [7, 11) is 0. The van der Waals surface area contributed by atoms with Gasteiger partial charge in [-0.1, -0.05) is 13.0 Å². The average molecular weight is 441 g/mol. The molecule has 3 atom stereocenters. The van der Waals surface area contributed by atoms with Crippen LogP contribution in [-0.4, -0.2) is 34.2 Å². The van der Waals surface area contributed by atoms with Crippen molar-refractivity contribution in [1.29, 1.82) is 0 Å². The Morgan fingerprint density at radius 3 is 2.65 bits per heavy atom. The quantitative estimate of drug-likeness (QED) is 0.594. The van der Waals surface area contributed by atoms with Crippen LogP contribution in [0, 0.1) is 5.82 Å². The average Bonchev–Trinajstić information content (AvgIpc) is 2.72. The molecule has 1 aliphatic heterocycles. The maximum atomic E-state index is 14.0. The lowest BCUT2D eigenvalue weighted by molar-refractivity contribution is -0.275. The Morgan fingerprint density at radius 1 is 1.32 bits per heavy atom. The molecule has 0 radical (unpaired) electrons. The molecule has 31 heavy (non-hydrogen) atoms. The molecule has 1 saturated heterocycles. The molecule has 1 aliphatic rings. The van der Waals surface area contributed by atoms with Crippen LogP contribution in [0.25, 0.3) is 0 Å². The fourth-order valence-corrected chi connectivity index (χ4v) is 3.11. The number of aromatic nitrogens is 2. The van der Waals surface area contributed by atoms with Crippen molar-refractivity contribution >= 4 is 11.8 Å². The maximum Gasteiger partial charge on any atom is 0.573 e. The van der Waals surface area contributed by atoms with Gasteiger partial charge in [0.2, 0.25) is 11.8 Å². The van der Waals surface area contributed by atoms with E-state index in [-0.39, 0.29) is 23.7 Å². The van der Waals surface area contributed by atoms with Crippen molar-refractivity contribution in [1.82, 2.24) is 25.9 Å². The third kappa shape index (κ3) is 5.87. The number of hydrogen-bond acceptors (Lipinski definition) is 6. The van der Waals surface area contributed by atoms with Crippen LogP contribution in [-0.2, 0) is 9.59 Å². The van der Waals surface area contributed by atoms with Gasteiger partial charge in [-0.3, -0.25) is 14.9 Å². The molecule has 1 aromatic heterocycles. The highest BCUT2D eigenvalue weighted by Gasteiger charge is 2.34. The predicted octanol–water partition coefficient (Wildman–Crippen LogP) is 2.26. The van der Waals surface area contributed by atoms with E-state index in [1.807, 2.05) is 0 Å². The fraction of sp³-hybridized carbons (Fsp3) is 0.368. The molecule has 1 aromatic carbocycles. The summed E-state index contributed by atoms with van der Waals surface area (Å²) in [5, 5.41) is 8.27. The molecule has 0 bridgehead atoms. The lowest BCUT2D eigenvalue weighted by atomic mass is 10.0. The second-order valence-corrected chi connectivity index (χ2v) is 6.74. The van der Waals surface area contributed by atoms with E-state index in [1.54, 1.807) is 13.0 Å². The van der Waals surface area contributed by atoms with Crippen LogP contribution in [0.5, 0.6) is 5.75 Å². The van der Waals surface area contributed by atoms with E-state index in [0.29, 0.717) is 6.42 Å². The molecular weight excluding hydrogens is 422 g/mol. The molecule has 12 heteroatoms. The number of benzene rings is 1. The Kier molecular flexibility index (Phi) is 6.68. The first kappa shape index (κ1) is 22.4. The Labute approximate surface area is 174 Å². The minimum absolute atomic E-state index is 0.141. The van der Waals surface area contributed by atoms with E-state index in [9.17, 15) is 27.2 Å². The van der Waals surface area contributed by atoms with Gasteiger partial charge in [0.1, 0.15) is 6.17 Å². The number of alkyl halides is 3. The van der Waals surface area contributed by atoms with Crippen LogP contribution in [0.2, 0.25) is 0 Å². The zero-order chi connectivity index (χ0) is 22.6. The fourth-order valence-electron chi connectivity index (χ4n) is 3.11. The van der Waals surface area contributed by atoms with Crippen molar-refractivity contribution < 1.29 is 31.9 Å². The third-order valence-electron chi connectivity index (χ3n) is 4.53. The third-order valence-corrected chi connectivity index (χ3v) is 4.53. The second kappa shape index (κ2) is 9.25. The first-order chi connectivity index (χ1) is 14.7. The van der Waals surface area contributed by atoms with E-state index >= 15 is 0 Å². The molecular formula is C19H19F4N5O3. The molecule has 0 aliphatic carbocycles. The second-order valence-electron chi connectivity index (χ2n) is 6.74. The Morgan fingerprint density at radius 2 is 2.03 bits per heavy atom. The van der Waals surface area contributed by atoms with E-state index < -0.39 is 42.1 Å². The highest BCUT2D eigenvalue weighted by Crippen LogP contribution is 2.28. The van der Waals surface area contributed by atoms with Gasteiger partial charge in [-0.05, 0) is 30.2 Å². The van der Waals surface area contributed by atoms with Crippen molar-refractivity contribution in [3.63, 3.8) is 0 Å². The number of carbonyl (C=O) groups excluding carboxylic acids is 2. The Balaban J connectivity index is 1.70. The largest absolute Gasteiger partial charge is 0.573 e. The maximum absolute atomic E-state index is 14.0. The summed E-state index contributed by atoms with van der Waals surface area (Å²) in [5.41, 5.74) is 0.256. The van der Waals surface area contributed by atoms with Gasteiger partial charge in [-0.2, -0.15) is 0 Å². The Hall–Kier alpha value is -3.28. The number of amides is 2. The van der Waals surface area contributed by atoms with Gasteiger partial charge in [0.05, 0.1) is 18.5 Å². The van der Waals surface area contributed by atoms with Crippen molar-refractivity contribution in [2.24, 2.45) is 0 Å². The lowest BCUT2D eigenvalue weighted by Crippen LogP contribution is -2.57. The molecule has 1 fully saturated rings. The minimum atomic E-state index is -5.02. The highest BCUT2D eigenvalue weighted by atomic mass is 19.4. The lowest BCUT2D eigenvalue weighted by Gasteiger charge is -2.31. The number of nitrogens with zero attached hydrogens (tertiary/aromatic N) is 2. The first-order valence-corrected chi connectivity index (χ1v) is 9.34. The van der Waals surface area contributed by atoms with E-state index in [2.05, 4.69) is 30.7 Å². The summed E-state index contributed by atoms with van der Waals surface area (Å²) in [6.07, 6.45) is -2.61. The highest BCUT2D eigenvalue weighted by molar-refractivity contribution is 5.89. The summed E-state index contributed by atoms with van der Waals surface area (Å²) in [5.74, 6) is -2.81. The molecule has 2 heterocycles. The molecule has 3 rings (SSSR count). The number of rotatable bonds is 6. The smallest absolute Gasteiger partial charge is 0.403 e. The first-order valence-electron chi connectivity index (χ1n) is 9.34. The van der Waals surface area contributed by atoms with Gasteiger partial charge >= 0.3 is 6.36 Å². The predicted molar refractivity (Wildman–Crippen MR) is 98.7 cm³/mol. The van der Waals surface area contributed by atoms with Gasteiger partial charge in [-0.25, -0.2) is 14.4 Å². The number of halogens is 4. The van der Waals surface area contributed by atoms with Crippen molar-refractivity contribution in [2.45, 2.75) is 44.4 Å². The van der Waals surface area contributed by atoms with Crippen molar-refractivity contribution in [3.8, 4) is 5.75 Å². The topological polar surface area (TPSA) is 105 Å². The zero-order valence-electron chi connectivity index (χ0n) is 16.2. The molecule has 8 nitrogen and oxygen atoms in total. The molecule has 2 unspecified atom stereocenters. The van der Waals surface area contributed by atoms with Crippen LogP contribution in [0.3, 0.4) is 0 Å². The monoisotopic (exact) mass is 441 g/mol. The van der Waals surface area contributed by atoms with Crippen LogP contribution < -0.4 is 20.7 Å². The molecule has 3 N–H and O–H groups in total. The Bertz CT molecular complexity index is 942. The SMILES string of the molecule is CC[C@@H](NC(=O)C1CC(=O)NC(c2ncccn2)N1)c1ccc(OC(F)(F)F)c(F)c1. The summed E-state index contributed by atoms with van der Waals surface area (Å²) in [6, 6.07) is 2.96. The summed E-state index contributed by atoms with van der Waals surface area (Å²) in [6.45, 7) is 1.71. The van der Waals surface area contributed by atoms with Crippen molar-refractivity contribution in [2.75, 3.05) is 0 Å². The van der Waals surface area contributed by atoms with Crippen molar-refractivity contribution in [3.05, 3.63) is 53.9 Å². The van der Waals surface area contributed by atoms with E-state index in [0.717, 1.165) is 12.1 Å². The molecule has 166 valence electrons. The molecule has 0 saturated carbocycles. The van der Waals surface area contributed by atoms with E-state index in [4.69, 9.17) is 0 Å². The van der Waals surface area contributed by atoms with Gasteiger partial charge in [0, 0.05) is 12.4 Å². The van der Waals surface area contributed by atoms with Crippen LogP contribution >= 0.6 is 0 Å². The number of hydrogen-bond donors (Lipinski definition) is 3. The van der Waals surface area contributed by atoms with E-state index in [1.165, 1.54) is 18.5 Å². The van der Waals surface area contributed by atoms with Crippen LogP contribution in [0.1, 0.15) is 43.4 Å². The summed E-state index contributed by atoms with van der Waals surface area (Å²) in [4.78, 5) is 32.9.